The second-order valence-corrected chi connectivity index (χ2v) is 13.4. The molecule has 4 fully saturated rings. The summed E-state index contributed by atoms with van der Waals surface area (Å²) in [5.74, 6) is 3.67. The monoisotopic (exact) mass is 486 g/mol. The molecule has 196 valence electrons. The van der Waals surface area contributed by atoms with E-state index in [4.69, 9.17) is 0 Å². The van der Waals surface area contributed by atoms with Gasteiger partial charge in [-0.2, -0.15) is 0 Å². The van der Waals surface area contributed by atoms with Crippen LogP contribution in [-0.4, -0.2) is 27.5 Å². The van der Waals surface area contributed by atoms with E-state index in [-0.39, 0.29) is 17.2 Å². The van der Waals surface area contributed by atoms with Crippen molar-refractivity contribution in [2.45, 2.75) is 110 Å². The second-order valence-electron chi connectivity index (χ2n) is 13.4. The minimum atomic E-state index is -0.537. The number of hydrogen-bond donors (Lipinski definition) is 3. The van der Waals surface area contributed by atoms with Crippen molar-refractivity contribution in [3.8, 4) is 0 Å². The van der Waals surface area contributed by atoms with Crippen LogP contribution in [0, 0.1) is 52.2 Å². The molecule has 0 amide bonds. The van der Waals surface area contributed by atoms with E-state index in [9.17, 15) is 19.7 Å². The Morgan fingerprint density at radius 3 is 2.26 bits per heavy atom. The van der Waals surface area contributed by atoms with Crippen molar-refractivity contribution < 1.29 is 19.7 Å². The van der Waals surface area contributed by atoms with Crippen molar-refractivity contribution in [2.75, 3.05) is 0 Å². The predicted octanol–water partition coefficient (Wildman–Crippen LogP) is 6.66. The molecule has 0 aromatic heterocycles. The van der Waals surface area contributed by atoms with Crippen LogP contribution in [0.3, 0.4) is 0 Å². The van der Waals surface area contributed by atoms with Gasteiger partial charge in [0.1, 0.15) is 5.82 Å². The third-order valence-electron chi connectivity index (χ3n) is 11.9. The Balaban J connectivity index is 1.21. The Morgan fingerprint density at radius 1 is 0.857 bits per heavy atom. The van der Waals surface area contributed by atoms with E-state index in [0.717, 1.165) is 61.8 Å². The highest BCUT2D eigenvalue weighted by molar-refractivity contribution is 5.18. The molecular formula is C31H47FO3. The number of benzene rings is 1. The Hall–Kier alpha value is -0.970. The van der Waals surface area contributed by atoms with Crippen molar-refractivity contribution in [3.63, 3.8) is 0 Å². The zero-order valence-electron chi connectivity index (χ0n) is 22.0. The van der Waals surface area contributed by atoms with Crippen molar-refractivity contribution in [1.82, 2.24) is 0 Å². The SMILES string of the molecule is CC(CCCC(O)c1ccc(F)cc1)[C@H]1CC[C@H]2[C@@H]3CC[C@H]4[C@@H](O)[C@@H](O)CC[C@]4(C)[C@H]3CC[C@]12C. The molecule has 0 heterocycles. The summed E-state index contributed by atoms with van der Waals surface area (Å²) in [4.78, 5) is 0. The van der Waals surface area contributed by atoms with E-state index in [0.29, 0.717) is 17.3 Å². The zero-order valence-corrected chi connectivity index (χ0v) is 22.0. The molecule has 5 rings (SSSR count). The molecule has 3 N–H and O–H groups in total. The summed E-state index contributed by atoms with van der Waals surface area (Å²) in [6, 6.07) is 6.26. The summed E-state index contributed by atoms with van der Waals surface area (Å²) < 4.78 is 13.2. The van der Waals surface area contributed by atoms with Gasteiger partial charge in [0.25, 0.3) is 0 Å². The van der Waals surface area contributed by atoms with Gasteiger partial charge in [0.2, 0.25) is 0 Å². The number of aliphatic hydroxyl groups excluding tert-OH is 3. The smallest absolute Gasteiger partial charge is 0.123 e. The normalized spacial score (nSPS) is 44.7. The van der Waals surface area contributed by atoms with Crippen LogP contribution in [-0.2, 0) is 0 Å². The van der Waals surface area contributed by atoms with Gasteiger partial charge in [-0.1, -0.05) is 45.7 Å². The van der Waals surface area contributed by atoms with Gasteiger partial charge in [0.05, 0.1) is 18.3 Å². The number of rotatable bonds is 6. The first-order valence-corrected chi connectivity index (χ1v) is 14.4. The van der Waals surface area contributed by atoms with Gasteiger partial charge in [-0.25, -0.2) is 4.39 Å². The van der Waals surface area contributed by atoms with Crippen LogP contribution in [0.15, 0.2) is 24.3 Å². The molecule has 3 nitrogen and oxygen atoms in total. The van der Waals surface area contributed by atoms with Crippen LogP contribution in [0.1, 0.15) is 103 Å². The highest BCUT2D eigenvalue weighted by Gasteiger charge is 2.61. The minimum absolute atomic E-state index is 0.184. The maximum Gasteiger partial charge on any atom is 0.123 e. The van der Waals surface area contributed by atoms with E-state index >= 15 is 0 Å². The molecule has 35 heavy (non-hydrogen) atoms. The lowest BCUT2D eigenvalue weighted by Gasteiger charge is -2.62. The largest absolute Gasteiger partial charge is 0.390 e. The Labute approximate surface area is 211 Å². The first kappa shape index (κ1) is 25.7. The average molecular weight is 487 g/mol. The van der Waals surface area contributed by atoms with Crippen LogP contribution >= 0.6 is 0 Å². The summed E-state index contributed by atoms with van der Waals surface area (Å²) in [6.07, 6.45) is 10.7. The lowest BCUT2D eigenvalue weighted by atomic mass is 9.44. The maximum absolute atomic E-state index is 13.2. The fraction of sp³-hybridized carbons (Fsp3) is 0.806. The van der Waals surface area contributed by atoms with Crippen LogP contribution in [0.2, 0.25) is 0 Å². The fourth-order valence-electron chi connectivity index (χ4n) is 9.98. The third kappa shape index (κ3) is 4.40. The number of fused-ring (bicyclic) bond motifs is 5. The molecular weight excluding hydrogens is 439 g/mol. The average Bonchev–Trinajstić information content (AvgIpc) is 3.19. The van der Waals surface area contributed by atoms with E-state index < -0.39 is 18.3 Å². The van der Waals surface area contributed by atoms with Crippen LogP contribution in [0.5, 0.6) is 0 Å². The molecule has 1 aromatic rings. The second kappa shape index (κ2) is 9.72. The molecule has 0 bridgehead atoms. The fourth-order valence-corrected chi connectivity index (χ4v) is 9.98. The van der Waals surface area contributed by atoms with Gasteiger partial charge in [0, 0.05) is 0 Å². The van der Waals surface area contributed by atoms with E-state index in [1.54, 1.807) is 12.1 Å². The van der Waals surface area contributed by atoms with Crippen LogP contribution < -0.4 is 0 Å². The quantitative estimate of drug-likeness (QED) is 0.421. The molecule has 4 aliphatic carbocycles. The molecule has 4 heteroatoms. The van der Waals surface area contributed by atoms with Crippen molar-refractivity contribution >= 4 is 0 Å². The van der Waals surface area contributed by atoms with Gasteiger partial charge in [0.15, 0.2) is 0 Å². The molecule has 1 aromatic carbocycles. The van der Waals surface area contributed by atoms with Crippen molar-refractivity contribution in [2.24, 2.45) is 46.3 Å². The number of halogens is 1. The first-order valence-electron chi connectivity index (χ1n) is 14.4. The zero-order chi connectivity index (χ0) is 25.0. The molecule has 11 atom stereocenters. The highest BCUT2D eigenvalue weighted by atomic mass is 19.1. The van der Waals surface area contributed by atoms with Gasteiger partial charge in [-0.15, -0.1) is 0 Å². The van der Waals surface area contributed by atoms with Gasteiger partial charge in [-0.3, -0.25) is 0 Å². The summed E-state index contributed by atoms with van der Waals surface area (Å²) in [7, 11) is 0. The molecule has 0 radical (unpaired) electrons. The predicted molar refractivity (Wildman–Crippen MR) is 137 cm³/mol. The number of hydrogen-bond acceptors (Lipinski definition) is 3. The number of aliphatic hydroxyl groups is 3. The van der Waals surface area contributed by atoms with Gasteiger partial charge in [-0.05, 0) is 122 Å². The Kier molecular flexibility index (Phi) is 7.13. The van der Waals surface area contributed by atoms with Crippen molar-refractivity contribution in [1.29, 1.82) is 0 Å². The van der Waals surface area contributed by atoms with E-state index in [2.05, 4.69) is 20.8 Å². The van der Waals surface area contributed by atoms with E-state index in [1.807, 2.05) is 0 Å². The van der Waals surface area contributed by atoms with Crippen LogP contribution in [0.25, 0.3) is 0 Å². The molecule has 2 unspecified atom stereocenters. The topological polar surface area (TPSA) is 60.7 Å². The lowest BCUT2D eigenvalue weighted by Crippen LogP contribution is -2.58. The van der Waals surface area contributed by atoms with E-state index in [1.165, 1.54) is 44.2 Å². The van der Waals surface area contributed by atoms with Crippen LogP contribution in [0.4, 0.5) is 4.39 Å². The lowest BCUT2D eigenvalue weighted by molar-refractivity contribution is -0.174. The Bertz CT molecular complexity index is 872. The molecule has 0 saturated heterocycles. The third-order valence-corrected chi connectivity index (χ3v) is 11.9. The van der Waals surface area contributed by atoms with Gasteiger partial charge < -0.3 is 15.3 Å². The summed E-state index contributed by atoms with van der Waals surface area (Å²) in [6.45, 7) is 7.46. The molecule has 0 spiro atoms. The molecule has 0 aliphatic heterocycles. The summed E-state index contributed by atoms with van der Waals surface area (Å²) in [5.41, 5.74) is 1.41. The maximum atomic E-state index is 13.2. The highest BCUT2D eigenvalue weighted by Crippen LogP contribution is 2.68. The molecule has 4 aliphatic rings. The summed E-state index contributed by atoms with van der Waals surface area (Å²) >= 11 is 0. The Morgan fingerprint density at radius 2 is 1.51 bits per heavy atom. The van der Waals surface area contributed by atoms with Gasteiger partial charge >= 0.3 is 0 Å². The van der Waals surface area contributed by atoms with Crippen molar-refractivity contribution in [3.05, 3.63) is 35.6 Å². The summed E-state index contributed by atoms with van der Waals surface area (Å²) in [5, 5.41) is 31.7. The minimum Gasteiger partial charge on any atom is -0.390 e. The first-order chi connectivity index (χ1) is 16.6. The standard InChI is InChI=1S/C31H47FO3/c1-19(5-4-6-27(33)20-7-9-21(32)10-8-20)23-13-14-24-22-11-12-26-29(35)28(34)16-18-31(26,3)25(22)15-17-30(23,24)2/h7-10,19,22-29,33-35H,4-6,11-18H2,1-3H3/t19?,22-,23+,24-,25-,26-,27?,28-,29+,30+,31+/m0/s1. The molecule has 4 saturated carbocycles.